The van der Waals surface area contributed by atoms with Crippen LogP contribution < -0.4 is 10.1 Å². The molecule has 0 saturated carbocycles. The maximum absolute atomic E-state index is 13.9. The second-order valence-electron chi connectivity index (χ2n) is 9.85. The van der Waals surface area contributed by atoms with Crippen molar-refractivity contribution in [3.8, 4) is 5.75 Å². The number of ether oxygens (including phenoxy) is 1. The summed E-state index contributed by atoms with van der Waals surface area (Å²) in [5.74, 6) is -0.798. The Morgan fingerprint density at radius 2 is 1.68 bits per heavy atom. The standard InChI is InChI=1S/C31H35N3O6S/c1-3-4-18-32-30(36)27(21-23-11-6-5-7-12-23)33(22-24-13-10-14-25(20-24)40-2)29(35)17-19-34-31(37)26-15-8-9-16-28(26)41(34,38)39/h5-16,20,27H,3-4,17-19,21-22H2,1-2H3,(H,32,36). The van der Waals surface area contributed by atoms with Crippen LogP contribution in [0.25, 0.3) is 0 Å². The van der Waals surface area contributed by atoms with Crippen LogP contribution in [0.5, 0.6) is 5.75 Å². The molecule has 0 radical (unpaired) electrons. The van der Waals surface area contributed by atoms with Gasteiger partial charge in [-0.1, -0.05) is 67.9 Å². The highest BCUT2D eigenvalue weighted by atomic mass is 32.2. The van der Waals surface area contributed by atoms with Gasteiger partial charge < -0.3 is 15.0 Å². The Balaban J connectivity index is 1.63. The number of benzene rings is 3. The molecule has 10 heteroatoms. The monoisotopic (exact) mass is 577 g/mol. The number of nitrogens with zero attached hydrogens (tertiary/aromatic N) is 2. The minimum atomic E-state index is -4.07. The number of fused-ring (bicyclic) bond motifs is 1. The Labute approximate surface area is 241 Å². The molecule has 3 aromatic carbocycles. The van der Waals surface area contributed by atoms with E-state index in [1.807, 2.05) is 43.3 Å². The van der Waals surface area contributed by atoms with Crippen molar-refractivity contribution in [3.05, 3.63) is 95.6 Å². The topological polar surface area (TPSA) is 113 Å². The molecule has 1 aliphatic rings. The van der Waals surface area contributed by atoms with Gasteiger partial charge in [-0.25, -0.2) is 12.7 Å². The number of carbonyl (C=O) groups excluding carboxylic acids is 3. The van der Waals surface area contributed by atoms with E-state index in [4.69, 9.17) is 4.74 Å². The molecule has 1 aliphatic heterocycles. The summed E-state index contributed by atoms with van der Waals surface area (Å²) in [4.78, 5) is 41.8. The fourth-order valence-electron chi connectivity index (χ4n) is 4.82. The number of carbonyl (C=O) groups is 3. The van der Waals surface area contributed by atoms with E-state index < -0.39 is 27.9 Å². The third-order valence-electron chi connectivity index (χ3n) is 7.03. The van der Waals surface area contributed by atoms with Crippen molar-refractivity contribution < 1.29 is 27.5 Å². The first-order valence-electron chi connectivity index (χ1n) is 13.7. The Kier molecular flexibility index (Phi) is 9.78. The second kappa shape index (κ2) is 13.5. The molecule has 216 valence electrons. The lowest BCUT2D eigenvalue weighted by Crippen LogP contribution is -2.51. The summed E-state index contributed by atoms with van der Waals surface area (Å²) in [6.07, 6.45) is 1.68. The quantitative estimate of drug-likeness (QED) is 0.310. The summed E-state index contributed by atoms with van der Waals surface area (Å²) < 4.78 is 32.2. The molecule has 41 heavy (non-hydrogen) atoms. The second-order valence-corrected chi connectivity index (χ2v) is 11.7. The van der Waals surface area contributed by atoms with Gasteiger partial charge in [0.15, 0.2) is 0 Å². The van der Waals surface area contributed by atoms with Crippen LogP contribution in [0.3, 0.4) is 0 Å². The Morgan fingerprint density at radius 1 is 0.976 bits per heavy atom. The number of hydrogen-bond acceptors (Lipinski definition) is 6. The van der Waals surface area contributed by atoms with E-state index in [0.717, 1.165) is 28.3 Å². The predicted octanol–water partition coefficient (Wildman–Crippen LogP) is 3.79. The van der Waals surface area contributed by atoms with Gasteiger partial charge in [0.1, 0.15) is 16.7 Å². The summed E-state index contributed by atoms with van der Waals surface area (Å²) >= 11 is 0. The van der Waals surface area contributed by atoms with Crippen LogP contribution in [0.1, 0.15) is 47.7 Å². The fraction of sp³-hybridized carbons (Fsp3) is 0.323. The van der Waals surface area contributed by atoms with Crippen LogP contribution >= 0.6 is 0 Å². The van der Waals surface area contributed by atoms with Gasteiger partial charge in [-0.3, -0.25) is 14.4 Å². The number of methoxy groups -OCH3 is 1. The van der Waals surface area contributed by atoms with Gasteiger partial charge in [0, 0.05) is 32.5 Å². The zero-order valence-corrected chi connectivity index (χ0v) is 24.1. The van der Waals surface area contributed by atoms with E-state index in [-0.39, 0.29) is 42.3 Å². The van der Waals surface area contributed by atoms with Crippen molar-refractivity contribution >= 4 is 27.7 Å². The molecule has 9 nitrogen and oxygen atoms in total. The molecular weight excluding hydrogens is 542 g/mol. The molecule has 0 aliphatic carbocycles. The number of rotatable bonds is 13. The minimum Gasteiger partial charge on any atom is -0.497 e. The lowest BCUT2D eigenvalue weighted by Gasteiger charge is -2.32. The first kappa shape index (κ1) is 29.8. The molecule has 0 fully saturated rings. The van der Waals surface area contributed by atoms with Crippen molar-refractivity contribution in [2.45, 2.75) is 50.1 Å². The average molecular weight is 578 g/mol. The van der Waals surface area contributed by atoms with Crippen LogP contribution in [0.4, 0.5) is 0 Å². The maximum atomic E-state index is 13.9. The molecule has 1 heterocycles. The van der Waals surface area contributed by atoms with E-state index in [0.29, 0.717) is 12.3 Å². The lowest BCUT2D eigenvalue weighted by molar-refractivity contribution is -0.141. The van der Waals surface area contributed by atoms with Gasteiger partial charge in [0.05, 0.1) is 12.7 Å². The van der Waals surface area contributed by atoms with Crippen molar-refractivity contribution in [1.82, 2.24) is 14.5 Å². The van der Waals surface area contributed by atoms with Gasteiger partial charge in [-0.15, -0.1) is 0 Å². The molecule has 0 spiro atoms. The molecular formula is C31H35N3O6S. The summed E-state index contributed by atoms with van der Waals surface area (Å²) in [5.41, 5.74) is 1.71. The van der Waals surface area contributed by atoms with E-state index in [9.17, 15) is 22.8 Å². The normalized spacial score (nSPS) is 14.3. The third kappa shape index (κ3) is 6.94. The van der Waals surface area contributed by atoms with Gasteiger partial charge in [-0.2, -0.15) is 0 Å². The number of nitrogens with one attached hydrogen (secondary N) is 1. The SMILES string of the molecule is CCCCNC(=O)C(Cc1ccccc1)N(Cc1cccc(OC)c1)C(=O)CCN1C(=O)c2ccccc2S1(=O)=O. The Bertz CT molecular complexity index is 1490. The number of amides is 3. The first-order chi connectivity index (χ1) is 19.8. The van der Waals surface area contributed by atoms with Crippen LogP contribution in [-0.4, -0.2) is 61.6 Å². The molecule has 0 bridgehead atoms. The predicted molar refractivity (Wildman–Crippen MR) is 155 cm³/mol. The highest BCUT2D eigenvalue weighted by Crippen LogP contribution is 2.30. The Morgan fingerprint density at radius 3 is 2.39 bits per heavy atom. The van der Waals surface area contributed by atoms with Crippen LogP contribution in [0.2, 0.25) is 0 Å². The maximum Gasteiger partial charge on any atom is 0.269 e. The van der Waals surface area contributed by atoms with Gasteiger partial charge in [-0.05, 0) is 41.8 Å². The molecule has 0 saturated heterocycles. The van der Waals surface area contributed by atoms with Gasteiger partial charge in [0.25, 0.3) is 15.9 Å². The number of hydrogen-bond donors (Lipinski definition) is 1. The Hall–Kier alpha value is -4.18. The van der Waals surface area contributed by atoms with Crippen molar-refractivity contribution in [1.29, 1.82) is 0 Å². The lowest BCUT2D eigenvalue weighted by atomic mass is 10.0. The van der Waals surface area contributed by atoms with Crippen LogP contribution in [-0.2, 0) is 32.6 Å². The molecule has 1 N–H and O–H groups in total. The van der Waals surface area contributed by atoms with Gasteiger partial charge >= 0.3 is 0 Å². The fourth-order valence-corrected chi connectivity index (χ4v) is 6.39. The smallest absolute Gasteiger partial charge is 0.269 e. The molecule has 0 aromatic heterocycles. The van der Waals surface area contributed by atoms with Crippen LogP contribution in [0.15, 0.2) is 83.8 Å². The van der Waals surface area contributed by atoms with Gasteiger partial charge in [0.2, 0.25) is 11.8 Å². The average Bonchev–Trinajstić information content (AvgIpc) is 3.18. The molecule has 3 amide bonds. The summed E-state index contributed by atoms with van der Waals surface area (Å²) in [6, 6.07) is 21.8. The first-order valence-corrected chi connectivity index (χ1v) is 15.1. The summed E-state index contributed by atoms with van der Waals surface area (Å²) in [6.45, 7) is 2.26. The molecule has 3 aromatic rings. The highest BCUT2D eigenvalue weighted by Gasteiger charge is 2.41. The summed E-state index contributed by atoms with van der Waals surface area (Å²) in [7, 11) is -2.52. The number of sulfonamides is 1. The van der Waals surface area contributed by atoms with E-state index in [1.165, 1.54) is 17.0 Å². The van der Waals surface area contributed by atoms with E-state index in [2.05, 4.69) is 5.32 Å². The largest absolute Gasteiger partial charge is 0.497 e. The zero-order chi connectivity index (χ0) is 29.4. The third-order valence-corrected chi connectivity index (χ3v) is 8.87. The van der Waals surface area contributed by atoms with Crippen molar-refractivity contribution in [2.24, 2.45) is 0 Å². The van der Waals surface area contributed by atoms with Crippen LogP contribution in [0, 0.1) is 0 Å². The molecule has 4 rings (SSSR count). The number of unbranched alkanes of at least 4 members (excludes halogenated alkanes) is 1. The van der Waals surface area contributed by atoms with E-state index >= 15 is 0 Å². The molecule has 1 unspecified atom stereocenters. The van der Waals surface area contributed by atoms with E-state index in [1.54, 1.807) is 37.4 Å². The minimum absolute atomic E-state index is 0.0667. The zero-order valence-electron chi connectivity index (χ0n) is 23.3. The molecule has 1 atom stereocenters. The van der Waals surface area contributed by atoms with Crippen molar-refractivity contribution in [2.75, 3.05) is 20.2 Å². The van der Waals surface area contributed by atoms with Crippen molar-refractivity contribution in [3.63, 3.8) is 0 Å². The highest BCUT2D eigenvalue weighted by molar-refractivity contribution is 7.90. The summed E-state index contributed by atoms with van der Waals surface area (Å²) in [5, 5.41) is 2.96.